The Labute approximate surface area is 156 Å². The lowest BCUT2D eigenvalue weighted by Gasteiger charge is -2.27. The molecule has 136 valence electrons. The summed E-state index contributed by atoms with van der Waals surface area (Å²) in [6, 6.07) is 7.52. The van der Waals surface area contributed by atoms with Gasteiger partial charge in [0, 0.05) is 25.1 Å². The number of nitrogens with zero attached hydrogens (tertiary/aromatic N) is 2. The summed E-state index contributed by atoms with van der Waals surface area (Å²) in [6.07, 6.45) is 1.97. The first-order valence-corrected chi connectivity index (χ1v) is 9.41. The summed E-state index contributed by atoms with van der Waals surface area (Å²) in [6.45, 7) is 6.19. The van der Waals surface area contributed by atoms with E-state index in [4.69, 9.17) is 4.74 Å². The highest BCUT2D eigenvalue weighted by molar-refractivity contribution is 7.99. The Morgan fingerprint density at radius 1 is 1.38 bits per heavy atom. The van der Waals surface area contributed by atoms with E-state index in [0.29, 0.717) is 28.9 Å². The van der Waals surface area contributed by atoms with Gasteiger partial charge in [-0.2, -0.15) is 4.98 Å². The molecule has 1 aliphatic heterocycles. The van der Waals surface area contributed by atoms with Gasteiger partial charge in [-0.1, -0.05) is 30.0 Å². The fourth-order valence-corrected chi connectivity index (χ4v) is 3.74. The van der Waals surface area contributed by atoms with Crippen LogP contribution in [0.5, 0.6) is 5.75 Å². The van der Waals surface area contributed by atoms with Gasteiger partial charge in [-0.3, -0.25) is 9.59 Å². The Bertz CT molecular complexity index is 890. The first-order valence-electron chi connectivity index (χ1n) is 8.42. The maximum atomic E-state index is 12.7. The van der Waals surface area contributed by atoms with Crippen LogP contribution in [0.3, 0.4) is 0 Å². The number of hydrogen-bond donors (Lipinski definition) is 1. The molecular weight excluding hydrogens is 350 g/mol. The predicted molar refractivity (Wildman–Crippen MR) is 103 cm³/mol. The highest BCUT2D eigenvalue weighted by Crippen LogP contribution is 2.36. The van der Waals surface area contributed by atoms with Crippen LogP contribution >= 0.6 is 11.8 Å². The van der Waals surface area contributed by atoms with E-state index < -0.39 is 0 Å². The molecule has 3 rings (SSSR count). The topological polar surface area (TPSA) is 73.2 Å². The minimum Gasteiger partial charge on any atom is -0.494 e. The fraction of sp³-hybridized carbons (Fsp3) is 0.316. The van der Waals surface area contributed by atoms with Crippen LogP contribution in [0, 0.1) is 0 Å². The van der Waals surface area contributed by atoms with Crippen molar-refractivity contribution >= 4 is 23.5 Å². The van der Waals surface area contributed by atoms with Crippen molar-refractivity contribution in [1.82, 2.24) is 9.55 Å². The molecule has 2 heterocycles. The molecule has 0 saturated carbocycles. The van der Waals surface area contributed by atoms with Gasteiger partial charge in [0.15, 0.2) is 5.16 Å². The lowest BCUT2D eigenvalue weighted by Crippen LogP contribution is -2.33. The summed E-state index contributed by atoms with van der Waals surface area (Å²) in [5.41, 5.74) is 1.12. The van der Waals surface area contributed by atoms with E-state index >= 15 is 0 Å². The zero-order valence-electron chi connectivity index (χ0n) is 14.8. The second kappa shape index (κ2) is 7.78. The van der Waals surface area contributed by atoms with Gasteiger partial charge in [-0.15, -0.1) is 6.58 Å². The quantitative estimate of drug-likeness (QED) is 0.480. The lowest BCUT2D eigenvalue weighted by molar-refractivity contribution is -0.116. The third-order valence-corrected chi connectivity index (χ3v) is 5.25. The predicted octanol–water partition coefficient (Wildman–Crippen LogP) is 2.93. The number of carbonyl (C=O) groups excluding carboxylic acids is 1. The lowest BCUT2D eigenvalue weighted by atomic mass is 9.87. The third kappa shape index (κ3) is 3.53. The van der Waals surface area contributed by atoms with Gasteiger partial charge < -0.3 is 14.6 Å². The number of fused-ring (bicyclic) bond motifs is 1. The summed E-state index contributed by atoms with van der Waals surface area (Å²) in [4.78, 5) is 29.2. The number of ether oxygens (including phenoxy) is 1. The molecule has 1 N–H and O–H groups in total. The van der Waals surface area contributed by atoms with Crippen molar-refractivity contribution in [3.8, 4) is 5.75 Å². The average molecular weight is 371 g/mol. The molecule has 1 unspecified atom stereocenters. The fourth-order valence-electron chi connectivity index (χ4n) is 3.05. The van der Waals surface area contributed by atoms with Crippen LogP contribution in [-0.4, -0.2) is 27.8 Å². The van der Waals surface area contributed by atoms with Gasteiger partial charge in [0.1, 0.15) is 11.6 Å². The number of anilines is 1. The molecule has 1 aliphatic rings. The molecule has 1 aromatic heterocycles. The molecule has 26 heavy (non-hydrogen) atoms. The van der Waals surface area contributed by atoms with Gasteiger partial charge in [-0.05, 0) is 24.6 Å². The molecule has 7 heteroatoms. The molecule has 0 fully saturated rings. The Morgan fingerprint density at radius 3 is 2.77 bits per heavy atom. The van der Waals surface area contributed by atoms with Crippen LogP contribution in [0.2, 0.25) is 0 Å². The minimum atomic E-state index is -0.320. The smallest absolute Gasteiger partial charge is 0.279 e. The number of hydrogen-bond acceptors (Lipinski definition) is 5. The van der Waals surface area contributed by atoms with Gasteiger partial charge in [0.2, 0.25) is 5.91 Å². The van der Waals surface area contributed by atoms with Crippen molar-refractivity contribution in [2.45, 2.75) is 24.4 Å². The Balaban J connectivity index is 2.06. The summed E-state index contributed by atoms with van der Waals surface area (Å²) in [7, 11) is 1.80. The number of rotatable bonds is 6. The van der Waals surface area contributed by atoms with Crippen LogP contribution in [0.25, 0.3) is 0 Å². The van der Waals surface area contributed by atoms with Crippen LogP contribution in [-0.2, 0) is 11.8 Å². The van der Waals surface area contributed by atoms with Crippen molar-refractivity contribution in [2.24, 2.45) is 7.05 Å². The van der Waals surface area contributed by atoms with Crippen molar-refractivity contribution in [3.05, 3.63) is 58.4 Å². The maximum absolute atomic E-state index is 12.7. The minimum absolute atomic E-state index is 0.114. The Hall–Kier alpha value is -2.54. The molecule has 1 amide bonds. The maximum Gasteiger partial charge on any atom is 0.279 e. The van der Waals surface area contributed by atoms with Crippen molar-refractivity contribution in [3.63, 3.8) is 0 Å². The molecule has 0 radical (unpaired) electrons. The molecule has 1 aromatic carbocycles. The second-order valence-corrected chi connectivity index (χ2v) is 6.91. The SMILES string of the molecule is C=CCSc1nc(=O)c2c(n1C)NC(=O)CC2c1ccc(OCC)cc1. The zero-order chi connectivity index (χ0) is 18.7. The van der Waals surface area contributed by atoms with Crippen LogP contribution in [0.4, 0.5) is 5.82 Å². The molecule has 0 spiro atoms. The normalized spacial score (nSPS) is 15.9. The number of amides is 1. The third-order valence-electron chi connectivity index (χ3n) is 4.22. The van der Waals surface area contributed by atoms with E-state index in [2.05, 4.69) is 16.9 Å². The first-order chi connectivity index (χ1) is 12.5. The average Bonchev–Trinajstić information content (AvgIpc) is 2.63. The molecule has 0 aliphatic carbocycles. The monoisotopic (exact) mass is 371 g/mol. The van der Waals surface area contributed by atoms with Crippen molar-refractivity contribution in [2.75, 3.05) is 17.7 Å². The highest BCUT2D eigenvalue weighted by atomic mass is 32.2. The van der Waals surface area contributed by atoms with E-state index in [-0.39, 0.29) is 23.8 Å². The molecule has 0 saturated heterocycles. The van der Waals surface area contributed by atoms with Crippen LogP contribution < -0.4 is 15.6 Å². The van der Waals surface area contributed by atoms with Gasteiger partial charge in [0.05, 0.1) is 12.2 Å². The molecule has 1 atom stereocenters. The second-order valence-electron chi connectivity index (χ2n) is 5.93. The zero-order valence-corrected chi connectivity index (χ0v) is 15.6. The van der Waals surface area contributed by atoms with Crippen molar-refractivity contribution < 1.29 is 9.53 Å². The molecule has 6 nitrogen and oxygen atoms in total. The Kier molecular flexibility index (Phi) is 5.46. The summed E-state index contributed by atoms with van der Waals surface area (Å²) < 4.78 is 7.23. The highest BCUT2D eigenvalue weighted by Gasteiger charge is 2.32. The number of thioether (sulfide) groups is 1. The molecular formula is C19H21N3O3S. The number of aromatic nitrogens is 2. The van der Waals surface area contributed by atoms with Gasteiger partial charge >= 0.3 is 0 Å². The largest absolute Gasteiger partial charge is 0.494 e. The van der Waals surface area contributed by atoms with E-state index in [1.54, 1.807) is 17.7 Å². The van der Waals surface area contributed by atoms with E-state index in [1.807, 2.05) is 31.2 Å². The standard InChI is InChI=1S/C19H21N3O3S/c1-4-10-26-19-21-18(24)16-14(11-15(23)20-17(16)22(19)3)12-6-8-13(9-7-12)25-5-2/h4,6-9,14H,1,5,10-11H2,2-3H3,(H,20,23). The molecule has 2 aromatic rings. The van der Waals surface area contributed by atoms with Crippen LogP contribution in [0.1, 0.15) is 30.4 Å². The van der Waals surface area contributed by atoms with Gasteiger partial charge in [0.25, 0.3) is 5.56 Å². The first kappa shape index (κ1) is 18.3. The summed E-state index contributed by atoms with van der Waals surface area (Å²) in [5, 5.41) is 3.39. The van der Waals surface area contributed by atoms with E-state index in [1.165, 1.54) is 11.8 Å². The number of benzene rings is 1. The number of nitrogens with one attached hydrogen (secondary N) is 1. The van der Waals surface area contributed by atoms with Crippen molar-refractivity contribution in [1.29, 1.82) is 0 Å². The molecule has 0 bridgehead atoms. The summed E-state index contributed by atoms with van der Waals surface area (Å²) >= 11 is 1.41. The van der Waals surface area contributed by atoms with Gasteiger partial charge in [-0.25, -0.2) is 0 Å². The van der Waals surface area contributed by atoms with E-state index in [9.17, 15) is 9.59 Å². The number of carbonyl (C=O) groups is 1. The van der Waals surface area contributed by atoms with Crippen LogP contribution in [0.15, 0.2) is 46.9 Å². The van der Waals surface area contributed by atoms with E-state index in [0.717, 1.165) is 11.3 Å². The summed E-state index contributed by atoms with van der Waals surface area (Å²) in [5.74, 6) is 1.48. The Morgan fingerprint density at radius 2 is 2.12 bits per heavy atom.